The molecule has 0 saturated carbocycles. The Hall–Kier alpha value is -3.06. The van der Waals surface area contributed by atoms with Gasteiger partial charge in [0.15, 0.2) is 6.61 Å². The molecule has 0 unspecified atom stereocenters. The Kier molecular flexibility index (Phi) is 5.32. The average Bonchev–Trinajstić information content (AvgIpc) is 3.23. The van der Waals surface area contributed by atoms with Crippen molar-refractivity contribution in [3.63, 3.8) is 0 Å². The number of aryl methyl sites for hydroxylation is 1. The summed E-state index contributed by atoms with van der Waals surface area (Å²) in [6.07, 6.45) is 0. The average molecular weight is 385 g/mol. The number of benzene rings is 1. The van der Waals surface area contributed by atoms with E-state index in [0.29, 0.717) is 12.1 Å². The molecular formula is C20H19NO5S. The van der Waals surface area contributed by atoms with Crippen molar-refractivity contribution in [1.29, 1.82) is 0 Å². The summed E-state index contributed by atoms with van der Waals surface area (Å²) >= 11 is 1.65. The predicted molar refractivity (Wildman–Crippen MR) is 102 cm³/mol. The molecule has 6 nitrogen and oxygen atoms in total. The second kappa shape index (κ2) is 7.67. The van der Waals surface area contributed by atoms with E-state index in [1.165, 1.54) is 17.0 Å². The minimum Gasteiger partial charge on any atom is -0.508 e. The van der Waals surface area contributed by atoms with Gasteiger partial charge >= 0.3 is 5.97 Å². The molecule has 3 rings (SSSR count). The van der Waals surface area contributed by atoms with E-state index < -0.39 is 18.3 Å². The first-order chi connectivity index (χ1) is 12.9. The van der Waals surface area contributed by atoms with Crippen molar-refractivity contribution < 1.29 is 24.5 Å². The van der Waals surface area contributed by atoms with E-state index in [-0.39, 0.29) is 17.1 Å². The van der Waals surface area contributed by atoms with Crippen molar-refractivity contribution in [1.82, 2.24) is 4.57 Å². The van der Waals surface area contributed by atoms with Crippen molar-refractivity contribution >= 4 is 23.1 Å². The van der Waals surface area contributed by atoms with Gasteiger partial charge in [-0.1, -0.05) is 6.07 Å². The van der Waals surface area contributed by atoms with Crippen LogP contribution < -0.4 is 0 Å². The maximum Gasteiger partial charge on any atom is 0.342 e. The molecule has 0 saturated heterocycles. The number of carbonyl (C=O) groups excluding carboxylic acids is 2. The van der Waals surface area contributed by atoms with Crippen LogP contribution in [0, 0.1) is 13.8 Å². The van der Waals surface area contributed by atoms with E-state index in [2.05, 4.69) is 0 Å². The van der Waals surface area contributed by atoms with Gasteiger partial charge in [-0.15, -0.1) is 11.3 Å². The molecule has 0 fully saturated rings. The van der Waals surface area contributed by atoms with Crippen molar-refractivity contribution in [3.05, 3.63) is 69.2 Å². The number of thiophene rings is 1. The second-order valence-corrected chi connectivity index (χ2v) is 7.18. The lowest BCUT2D eigenvalue weighted by Gasteiger charge is -2.09. The Labute approximate surface area is 160 Å². The SMILES string of the molecule is Cc1cc(C(=O)COC(=O)c2ccc(O)cc2O)c(C)n1Cc1cccs1. The highest BCUT2D eigenvalue weighted by atomic mass is 32.1. The largest absolute Gasteiger partial charge is 0.508 e. The first-order valence-corrected chi connectivity index (χ1v) is 9.16. The molecule has 0 amide bonds. The molecule has 0 aliphatic carbocycles. The van der Waals surface area contributed by atoms with E-state index in [1.807, 2.05) is 35.9 Å². The fourth-order valence-corrected chi connectivity index (χ4v) is 3.56. The van der Waals surface area contributed by atoms with Gasteiger partial charge in [-0.05, 0) is 43.5 Å². The van der Waals surface area contributed by atoms with Gasteiger partial charge in [-0.3, -0.25) is 4.79 Å². The molecule has 1 aromatic carbocycles. The molecule has 2 aromatic heterocycles. The summed E-state index contributed by atoms with van der Waals surface area (Å²) in [5.74, 6) is -1.71. The Morgan fingerprint density at radius 1 is 1.11 bits per heavy atom. The van der Waals surface area contributed by atoms with Crippen LogP contribution in [0.3, 0.4) is 0 Å². The van der Waals surface area contributed by atoms with Crippen LogP contribution in [0.2, 0.25) is 0 Å². The zero-order valence-electron chi connectivity index (χ0n) is 14.9. The van der Waals surface area contributed by atoms with E-state index in [9.17, 15) is 19.8 Å². The highest BCUT2D eigenvalue weighted by Gasteiger charge is 2.19. The van der Waals surface area contributed by atoms with Crippen LogP contribution in [0.4, 0.5) is 0 Å². The number of aromatic nitrogens is 1. The highest BCUT2D eigenvalue weighted by molar-refractivity contribution is 7.09. The number of carbonyl (C=O) groups is 2. The zero-order chi connectivity index (χ0) is 19.6. The molecule has 27 heavy (non-hydrogen) atoms. The molecule has 0 radical (unpaired) electrons. The standard InChI is InChI=1S/C20H19NO5S/c1-12-8-17(13(2)21(12)10-15-4-3-7-27-15)19(24)11-26-20(25)16-6-5-14(22)9-18(16)23/h3-9,22-23H,10-11H2,1-2H3. The topological polar surface area (TPSA) is 88.8 Å². The van der Waals surface area contributed by atoms with Crippen LogP contribution in [0.15, 0.2) is 41.8 Å². The normalized spacial score (nSPS) is 10.7. The fourth-order valence-electron chi connectivity index (χ4n) is 2.86. The summed E-state index contributed by atoms with van der Waals surface area (Å²) < 4.78 is 7.09. The third-order valence-corrected chi connectivity index (χ3v) is 5.16. The molecule has 2 heterocycles. The Balaban J connectivity index is 1.70. The van der Waals surface area contributed by atoms with Crippen LogP contribution in [0.25, 0.3) is 0 Å². The number of rotatable bonds is 6. The number of phenolic OH excluding ortho intramolecular Hbond substituents is 2. The number of nitrogens with zero attached hydrogens (tertiary/aromatic N) is 1. The lowest BCUT2D eigenvalue weighted by atomic mass is 10.1. The van der Waals surface area contributed by atoms with Crippen LogP contribution in [-0.2, 0) is 11.3 Å². The number of esters is 1. The van der Waals surface area contributed by atoms with Gasteiger partial charge in [0.05, 0.1) is 6.54 Å². The number of hydrogen-bond acceptors (Lipinski definition) is 6. The van der Waals surface area contributed by atoms with E-state index in [4.69, 9.17) is 4.74 Å². The summed E-state index contributed by atoms with van der Waals surface area (Å²) in [5.41, 5.74) is 2.16. The van der Waals surface area contributed by atoms with Crippen LogP contribution in [0.1, 0.15) is 37.0 Å². The number of phenols is 2. The van der Waals surface area contributed by atoms with Crippen molar-refractivity contribution in [2.75, 3.05) is 6.61 Å². The summed E-state index contributed by atoms with van der Waals surface area (Å²) in [6, 6.07) is 9.35. The smallest absolute Gasteiger partial charge is 0.342 e. The second-order valence-electron chi connectivity index (χ2n) is 6.15. The quantitative estimate of drug-likeness (QED) is 0.499. The van der Waals surface area contributed by atoms with Gasteiger partial charge in [0.25, 0.3) is 0 Å². The van der Waals surface area contributed by atoms with Gasteiger partial charge in [0.1, 0.15) is 17.1 Å². The lowest BCUT2D eigenvalue weighted by Crippen LogP contribution is -2.15. The highest BCUT2D eigenvalue weighted by Crippen LogP contribution is 2.24. The van der Waals surface area contributed by atoms with E-state index in [0.717, 1.165) is 17.5 Å². The minimum absolute atomic E-state index is 0.108. The zero-order valence-corrected chi connectivity index (χ0v) is 15.7. The molecule has 0 aliphatic rings. The predicted octanol–water partition coefficient (Wildman–Crippen LogP) is 3.67. The molecule has 0 bridgehead atoms. The monoisotopic (exact) mass is 385 g/mol. The minimum atomic E-state index is -0.826. The van der Waals surface area contributed by atoms with Gasteiger partial charge in [-0.2, -0.15) is 0 Å². The fraction of sp³-hybridized carbons (Fsp3) is 0.200. The maximum atomic E-state index is 12.5. The number of aromatic hydroxyl groups is 2. The molecule has 2 N–H and O–H groups in total. The van der Waals surface area contributed by atoms with Gasteiger partial charge < -0.3 is 19.5 Å². The number of Topliss-reactive ketones (excluding diaryl/α,β-unsaturated/α-hetero) is 1. The van der Waals surface area contributed by atoms with E-state index in [1.54, 1.807) is 17.4 Å². The Bertz CT molecular complexity index is 988. The summed E-state index contributed by atoms with van der Waals surface area (Å²) in [4.78, 5) is 25.8. The van der Waals surface area contributed by atoms with Crippen molar-refractivity contribution in [3.8, 4) is 11.5 Å². The first kappa shape index (κ1) is 18.7. The molecule has 3 aromatic rings. The third kappa shape index (κ3) is 4.03. The lowest BCUT2D eigenvalue weighted by molar-refractivity contribution is 0.0471. The van der Waals surface area contributed by atoms with E-state index >= 15 is 0 Å². The summed E-state index contributed by atoms with van der Waals surface area (Å²) in [7, 11) is 0. The maximum absolute atomic E-state index is 12.5. The molecule has 0 spiro atoms. The third-order valence-electron chi connectivity index (χ3n) is 4.30. The van der Waals surface area contributed by atoms with Gasteiger partial charge in [0.2, 0.25) is 5.78 Å². The Morgan fingerprint density at radius 3 is 2.56 bits per heavy atom. The molecule has 0 atom stereocenters. The summed E-state index contributed by atoms with van der Waals surface area (Å²) in [5, 5.41) is 21.0. The summed E-state index contributed by atoms with van der Waals surface area (Å²) in [6.45, 7) is 4.05. The van der Waals surface area contributed by atoms with Gasteiger partial charge in [-0.25, -0.2) is 4.79 Å². The molecule has 140 valence electrons. The first-order valence-electron chi connectivity index (χ1n) is 8.28. The van der Waals surface area contributed by atoms with Gasteiger partial charge in [0, 0.05) is 27.9 Å². The van der Waals surface area contributed by atoms with Crippen molar-refractivity contribution in [2.45, 2.75) is 20.4 Å². The van der Waals surface area contributed by atoms with Crippen LogP contribution in [0.5, 0.6) is 11.5 Å². The Morgan fingerprint density at radius 2 is 1.89 bits per heavy atom. The van der Waals surface area contributed by atoms with Crippen LogP contribution >= 0.6 is 11.3 Å². The number of ketones is 1. The molecular weight excluding hydrogens is 366 g/mol. The number of ether oxygens (including phenoxy) is 1. The molecule has 7 heteroatoms. The number of hydrogen-bond donors (Lipinski definition) is 2. The molecule has 0 aliphatic heterocycles. The van der Waals surface area contributed by atoms with Crippen LogP contribution in [-0.4, -0.2) is 33.1 Å². The van der Waals surface area contributed by atoms with Crippen molar-refractivity contribution in [2.24, 2.45) is 0 Å².